The van der Waals surface area contributed by atoms with Crippen LogP contribution in [0.1, 0.15) is 76.1 Å². The fourth-order valence-corrected chi connectivity index (χ4v) is 5.54. The Hall–Kier alpha value is -1.88. The molecule has 1 saturated heterocycles. The predicted octanol–water partition coefficient (Wildman–Crippen LogP) is 4.46. The van der Waals surface area contributed by atoms with Crippen molar-refractivity contribution in [1.82, 2.24) is 14.0 Å². The van der Waals surface area contributed by atoms with Crippen molar-refractivity contribution in [2.75, 3.05) is 13.1 Å². The molecule has 4 rings (SSSR count). The molecule has 0 amide bonds. The maximum absolute atomic E-state index is 13.0. The normalized spacial score (nSPS) is 24.6. The lowest BCUT2D eigenvalue weighted by atomic mass is 9.82. The van der Waals surface area contributed by atoms with Crippen LogP contribution in [0.5, 0.6) is 0 Å². The van der Waals surface area contributed by atoms with E-state index in [2.05, 4.69) is 11.8 Å². The van der Waals surface area contributed by atoms with E-state index in [0.29, 0.717) is 0 Å². The third-order valence-electron chi connectivity index (χ3n) is 6.99. The lowest BCUT2D eigenvalue weighted by Gasteiger charge is -2.41. The lowest BCUT2D eigenvalue weighted by molar-refractivity contribution is 0.0916. The third-order valence-corrected chi connectivity index (χ3v) is 6.99. The number of imidazole rings is 1. The van der Waals surface area contributed by atoms with Gasteiger partial charge in [-0.05, 0) is 56.6 Å². The maximum atomic E-state index is 13.0. The minimum atomic E-state index is -0.207. The summed E-state index contributed by atoms with van der Waals surface area (Å²) in [5, 5.41) is 0. The van der Waals surface area contributed by atoms with E-state index < -0.39 is 0 Å². The molecule has 2 fully saturated rings. The van der Waals surface area contributed by atoms with Gasteiger partial charge in [-0.25, -0.2) is 9.36 Å². The number of likely N-dealkylation sites (tertiary alicyclic amines) is 1. The van der Waals surface area contributed by atoms with Gasteiger partial charge in [-0.3, -0.25) is 9.36 Å². The van der Waals surface area contributed by atoms with Crippen molar-refractivity contribution in [1.29, 1.82) is 0 Å². The molecule has 1 aliphatic carbocycles. The highest BCUT2D eigenvalue weighted by molar-refractivity contribution is 5.89. The highest BCUT2D eigenvalue weighted by atomic mass is 16.2. The summed E-state index contributed by atoms with van der Waals surface area (Å²) in [7, 11) is 0. The zero-order valence-corrected chi connectivity index (χ0v) is 17.3. The van der Waals surface area contributed by atoms with Gasteiger partial charge in [0, 0.05) is 32.1 Å². The number of hydrogen-bond donors (Lipinski definition) is 0. The molecule has 152 valence electrons. The van der Waals surface area contributed by atoms with Gasteiger partial charge in [0.15, 0.2) is 0 Å². The van der Waals surface area contributed by atoms with Crippen molar-refractivity contribution in [3.05, 3.63) is 34.7 Å². The molecular formula is C23H33N3O2. The molecule has 2 aliphatic rings. The van der Waals surface area contributed by atoms with Crippen molar-refractivity contribution in [2.45, 2.75) is 77.3 Å². The number of fused-ring (bicyclic) bond motifs is 1. The molecule has 2 aromatic rings. The Labute approximate surface area is 167 Å². The molecular weight excluding hydrogens is 350 g/mol. The molecule has 0 radical (unpaired) electrons. The summed E-state index contributed by atoms with van der Waals surface area (Å²) in [6.45, 7) is 5.87. The molecule has 5 nitrogen and oxygen atoms in total. The molecule has 0 unspecified atom stereocenters. The van der Waals surface area contributed by atoms with E-state index >= 15 is 0 Å². The van der Waals surface area contributed by atoms with E-state index in [4.69, 9.17) is 0 Å². The number of nitrogens with zero attached hydrogens (tertiary/aromatic N) is 3. The lowest BCUT2D eigenvalue weighted by Crippen LogP contribution is -2.44. The first-order valence-corrected chi connectivity index (χ1v) is 11.1. The van der Waals surface area contributed by atoms with E-state index in [1.165, 1.54) is 50.0 Å². The fourth-order valence-electron chi connectivity index (χ4n) is 5.54. The van der Waals surface area contributed by atoms with E-state index in [1.54, 1.807) is 0 Å². The second kappa shape index (κ2) is 8.24. The Balaban J connectivity index is 1.47. The minimum absolute atomic E-state index is 0.174. The van der Waals surface area contributed by atoms with Crippen LogP contribution >= 0.6 is 0 Å². The standard InChI is InChI=1S/C23H33N3O2/c1-3-6-18-9-11-19(12-10-18)24-15-13-20(14-16-24)26-22-8-5-4-7-21(22)25(17(2)27)23(26)28/h4-5,7-8,18-20H,3,6,9-16H2,1-2H3. The number of carbonyl (C=O) groups is 1. The monoisotopic (exact) mass is 383 g/mol. The highest BCUT2D eigenvalue weighted by Gasteiger charge is 2.31. The number of aromatic nitrogens is 2. The largest absolute Gasteiger partial charge is 0.336 e. The van der Waals surface area contributed by atoms with Gasteiger partial charge in [0.05, 0.1) is 11.0 Å². The summed E-state index contributed by atoms with van der Waals surface area (Å²) in [5.74, 6) is 0.733. The smallest absolute Gasteiger partial charge is 0.300 e. The average Bonchev–Trinajstić information content (AvgIpc) is 3.01. The molecule has 1 saturated carbocycles. The van der Waals surface area contributed by atoms with Gasteiger partial charge in [0.25, 0.3) is 0 Å². The zero-order chi connectivity index (χ0) is 19.7. The molecule has 0 N–H and O–H groups in total. The molecule has 0 atom stereocenters. The Morgan fingerprint density at radius 1 is 0.964 bits per heavy atom. The SMILES string of the molecule is CCCC1CCC(N2CCC(n3c(=O)n(C(C)=O)c4ccccc43)CC2)CC1. The van der Waals surface area contributed by atoms with E-state index in [-0.39, 0.29) is 17.6 Å². The summed E-state index contributed by atoms with van der Waals surface area (Å²) in [4.78, 5) is 27.7. The molecule has 0 spiro atoms. The fraction of sp³-hybridized carbons (Fsp3) is 0.652. The molecule has 1 aromatic heterocycles. The van der Waals surface area contributed by atoms with Crippen LogP contribution in [0.2, 0.25) is 0 Å². The van der Waals surface area contributed by atoms with Crippen molar-refractivity contribution in [2.24, 2.45) is 5.92 Å². The zero-order valence-electron chi connectivity index (χ0n) is 17.3. The van der Waals surface area contributed by atoms with E-state index in [1.807, 2.05) is 28.8 Å². The molecule has 0 bridgehead atoms. The van der Waals surface area contributed by atoms with E-state index in [0.717, 1.165) is 48.9 Å². The Morgan fingerprint density at radius 2 is 1.61 bits per heavy atom. The maximum Gasteiger partial charge on any atom is 0.336 e. The van der Waals surface area contributed by atoms with Crippen LogP contribution in [0.3, 0.4) is 0 Å². The molecule has 1 aromatic carbocycles. The van der Waals surface area contributed by atoms with Gasteiger partial charge in [0.1, 0.15) is 0 Å². The average molecular weight is 384 g/mol. The summed E-state index contributed by atoms with van der Waals surface area (Å²) >= 11 is 0. The first kappa shape index (κ1) is 19.4. The number of carbonyl (C=O) groups excluding carboxylic acids is 1. The van der Waals surface area contributed by atoms with Crippen LogP contribution < -0.4 is 5.69 Å². The van der Waals surface area contributed by atoms with Crippen LogP contribution in [-0.4, -0.2) is 39.1 Å². The second-order valence-electron chi connectivity index (χ2n) is 8.73. The van der Waals surface area contributed by atoms with Gasteiger partial charge in [-0.15, -0.1) is 0 Å². The number of hydrogen-bond acceptors (Lipinski definition) is 3. The minimum Gasteiger partial charge on any atom is -0.300 e. The summed E-state index contributed by atoms with van der Waals surface area (Å²) in [6, 6.07) is 8.60. The molecule has 1 aliphatic heterocycles. The summed E-state index contributed by atoms with van der Waals surface area (Å²) in [6.07, 6.45) is 10.1. The molecule has 2 heterocycles. The Kier molecular flexibility index (Phi) is 5.72. The number of piperidine rings is 1. The van der Waals surface area contributed by atoms with E-state index in [9.17, 15) is 9.59 Å². The summed E-state index contributed by atoms with van der Waals surface area (Å²) < 4.78 is 3.21. The Bertz CT molecular complexity index is 881. The van der Waals surface area contributed by atoms with Crippen LogP contribution in [-0.2, 0) is 0 Å². The van der Waals surface area contributed by atoms with Crippen molar-refractivity contribution < 1.29 is 4.79 Å². The molecule has 5 heteroatoms. The van der Waals surface area contributed by atoms with Crippen molar-refractivity contribution in [3.8, 4) is 0 Å². The topological polar surface area (TPSA) is 47.2 Å². The summed E-state index contributed by atoms with van der Waals surface area (Å²) in [5.41, 5.74) is 1.45. The first-order chi connectivity index (χ1) is 13.6. The second-order valence-corrected chi connectivity index (χ2v) is 8.73. The highest BCUT2D eigenvalue weighted by Crippen LogP contribution is 2.33. The first-order valence-electron chi connectivity index (χ1n) is 11.1. The van der Waals surface area contributed by atoms with Crippen LogP contribution in [0, 0.1) is 5.92 Å². The number of para-hydroxylation sites is 2. The van der Waals surface area contributed by atoms with Gasteiger partial charge in [-0.1, -0.05) is 31.9 Å². The quantitative estimate of drug-likeness (QED) is 0.783. The number of rotatable bonds is 4. The Morgan fingerprint density at radius 3 is 2.21 bits per heavy atom. The molecule has 28 heavy (non-hydrogen) atoms. The van der Waals surface area contributed by atoms with Crippen LogP contribution in [0.4, 0.5) is 0 Å². The third kappa shape index (κ3) is 3.57. The van der Waals surface area contributed by atoms with Crippen LogP contribution in [0.25, 0.3) is 11.0 Å². The van der Waals surface area contributed by atoms with Gasteiger partial charge in [-0.2, -0.15) is 0 Å². The van der Waals surface area contributed by atoms with Crippen LogP contribution in [0.15, 0.2) is 29.1 Å². The van der Waals surface area contributed by atoms with Gasteiger partial charge >= 0.3 is 5.69 Å². The van der Waals surface area contributed by atoms with Gasteiger partial charge < -0.3 is 4.90 Å². The predicted molar refractivity (Wildman–Crippen MR) is 113 cm³/mol. The van der Waals surface area contributed by atoms with Gasteiger partial charge in [0.2, 0.25) is 5.91 Å². The van der Waals surface area contributed by atoms with Crippen molar-refractivity contribution in [3.63, 3.8) is 0 Å². The number of benzene rings is 1. The van der Waals surface area contributed by atoms with Crippen molar-refractivity contribution >= 4 is 16.9 Å².